The van der Waals surface area contributed by atoms with Crippen molar-refractivity contribution in [2.75, 3.05) is 0 Å². The van der Waals surface area contributed by atoms with E-state index in [9.17, 15) is 14.9 Å². The average Bonchev–Trinajstić information content (AvgIpc) is 2.26. The largest absolute Gasteiger partial charge is 0.324 e. The zero-order valence-corrected chi connectivity index (χ0v) is 8.13. The standard InChI is InChI=1S/C10H12N2O3/c11-10(2-1-7-13)8-3-5-9(6-4-8)12(14)15/h3-7,10H,1-2,11H2. The number of carbonyl (C=O) groups is 1. The van der Waals surface area contributed by atoms with Gasteiger partial charge in [0.2, 0.25) is 0 Å². The summed E-state index contributed by atoms with van der Waals surface area (Å²) in [6, 6.07) is 5.82. The van der Waals surface area contributed by atoms with Crippen LogP contribution in [-0.4, -0.2) is 11.2 Å². The number of nitrogens with two attached hydrogens (primary N) is 1. The first kappa shape index (κ1) is 11.3. The molecule has 0 fully saturated rings. The Kier molecular flexibility index (Phi) is 3.93. The van der Waals surface area contributed by atoms with Gasteiger partial charge in [-0.3, -0.25) is 10.1 Å². The number of nitrogens with zero attached hydrogens (tertiary/aromatic N) is 1. The number of hydrogen-bond donors (Lipinski definition) is 1. The molecule has 1 aromatic carbocycles. The van der Waals surface area contributed by atoms with Gasteiger partial charge in [0.1, 0.15) is 6.29 Å². The van der Waals surface area contributed by atoms with E-state index in [1.54, 1.807) is 12.1 Å². The molecule has 0 aliphatic heterocycles. The molecule has 15 heavy (non-hydrogen) atoms. The predicted octanol–water partition coefficient (Wildman–Crippen LogP) is 1.57. The maximum atomic E-state index is 10.4. The van der Waals surface area contributed by atoms with E-state index in [-0.39, 0.29) is 11.7 Å². The summed E-state index contributed by atoms with van der Waals surface area (Å²) >= 11 is 0. The van der Waals surface area contributed by atoms with Gasteiger partial charge < -0.3 is 10.5 Å². The highest BCUT2D eigenvalue weighted by atomic mass is 16.6. The van der Waals surface area contributed by atoms with Crippen LogP contribution in [-0.2, 0) is 4.79 Å². The molecule has 5 heteroatoms. The molecule has 0 bridgehead atoms. The molecule has 5 nitrogen and oxygen atoms in total. The highest BCUT2D eigenvalue weighted by Gasteiger charge is 2.08. The van der Waals surface area contributed by atoms with Gasteiger partial charge in [-0.25, -0.2) is 0 Å². The second kappa shape index (κ2) is 5.21. The molecule has 0 spiro atoms. The van der Waals surface area contributed by atoms with Crippen molar-refractivity contribution in [3.8, 4) is 0 Å². The van der Waals surface area contributed by atoms with Gasteiger partial charge in [-0.05, 0) is 12.0 Å². The first-order chi connectivity index (χ1) is 7.15. The van der Waals surface area contributed by atoms with E-state index in [2.05, 4.69) is 0 Å². The van der Waals surface area contributed by atoms with Crippen LogP contribution in [0.2, 0.25) is 0 Å². The summed E-state index contributed by atoms with van der Waals surface area (Å²) in [6.45, 7) is 0. The minimum atomic E-state index is -0.458. The fraction of sp³-hybridized carbons (Fsp3) is 0.300. The molecule has 0 aliphatic carbocycles. The van der Waals surface area contributed by atoms with E-state index >= 15 is 0 Å². The van der Waals surface area contributed by atoms with Crippen LogP contribution in [0.25, 0.3) is 0 Å². The van der Waals surface area contributed by atoms with Crippen molar-refractivity contribution < 1.29 is 9.72 Å². The van der Waals surface area contributed by atoms with Crippen LogP contribution in [0, 0.1) is 10.1 Å². The van der Waals surface area contributed by atoms with Crippen molar-refractivity contribution in [3.05, 3.63) is 39.9 Å². The van der Waals surface area contributed by atoms with E-state index in [0.29, 0.717) is 12.8 Å². The Hall–Kier alpha value is -1.75. The molecule has 2 N–H and O–H groups in total. The normalized spacial score (nSPS) is 12.1. The smallest absolute Gasteiger partial charge is 0.269 e. The molecule has 0 aliphatic rings. The van der Waals surface area contributed by atoms with E-state index < -0.39 is 4.92 Å². The van der Waals surface area contributed by atoms with Gasteiger partial charge in [-0.15, -0.1) is 0 Å². The molecule has 0 heterocycles. The predicted molar refractivity (Wildman–Crippen MR) is 55.3 cm³/mol. The van der Waals surface area contributed by atoms with Crippen LogP contribution in [0.5, 0.6) is 0 Å². The van der Waals surface area contributed by atoms with Gasteiger partial charge in [-0.2, -0.15) is 0 Å². The lowest BCUT2D eigenvalue weighted by Crippen LogP contribution is -2.10. The number of non-ortho nitro benzene ring substituents is 1. The molecular formula is C10H12N2O3. The van der Waals surface area contributed by atoms with Crippen LogP contribution in [0.3, 0.4) is 0 Å². The second-order valence-corrected chi connectivity index (χ2v) is 3.20. The Morgan fingerprint density at radius 2 is 2.00 bits per heavy atom. The van der Waals surface area contributed by atoms with Crippen LogP contribution >= 0.6 is 0 Å². The lowest BCUT2D eigenvalue weighted by molar-refractivity contribution is -0.384. The zero-order valence-electron chi connectivity index (χ0n) is 8.13. The van der Waals surface area contributed by atoms with Crippen LogP contribution in [0.4, 0.5) is 5.69 Å². The Morgan fingerprint density at radius 3 is 2.47 bits per heavy atom. The fourth-order valence-corrected chi connectivity index (χ4v) is 1.26. The van der Waals surface area contributed by atoms with Crippen molar-refractivity contribution >= 4 is 12.0 Å². The van der Waals surface area contributed by atoms with Gasteiger partial charge >= 0.3 is 0 Å². The van der Waals surface area contributed by atoms with E-state index in [4.69, 9.17) is 5.73 Å². The van der Waals surface area contributed by atoms with Crippen molar-refractivity contribution in [3.63, 3.8) is 0 Å². The summed E-state index contributed by atoms with van der Waals surface area (Å²) in [6.07, 6.45) is 1.77. The maximum absolute atomic E-state index is 10.4. The molecule has 0 saturated heterocycles. The van der Waals surface area contributed by atoms with E-state index in [1.807, 2.05) is 0 Å². The monoisotopic (exact) mass is 208 g/mol. The number of benzene rings is 1. The topological polar surface area (TPSA) is 86.2 Å². The van der Waals surface area contributed by atoms with Gasteiger partial charge in [-0.1, -0.05) is 12.1 Å². The average molecular weight is 208 g/mol. The SMILES string of the molecule is NC(CCC=O)c1ccc([N+](=O)[O-])cc1. The third kappa shape index (κ3) is 3.14. The summed E-state index contributed by atoms with van der Waals surface area (Å²) in [5, 5.41) is 10.4. The molecule has 1 rings (SSSR count). The second-order valence-electron chi connectivity index (χ2n) is 3.20. The first-order valence-corrected chi connectivity index (χ1v) is 4.58. The Balaban J connectivity index is 2.70. The molecule has 0 amide bonds. The number of hydrogen-bond acceptors (Lipinski definition) is 4. The molecule has 0 saturated carbocycles. The number of nitro benzene ring substituents is 1. The third-order valence-corrected chi connectivity index (χ3v) is 2.13. The Labute approximate surface area is 87.0 Å². The van der Waals surface area contributed by atoms with Gasteiger partial charge in [0.15, 0.2) is 0 Å². The molecule has 0 aromatic heterocycles. The molecule has 1 unspecified atom stereocenters. The zero-order chi connectivity index (χ0) is 11.3. The van der Waals surface area contributed by atoms with Gasteiger partial charge in [0.05, 0.1) is 4.92 Å². The van der Waals surface area contributed by atoms with Crippen molar-refractivity contribution in [2.24, 2.45) is 5.73 Å². The lowest BCUT2D eigenvalue weighted by atomic mass is 10.0. The highest BCUT2D eigenvalue weighted by molar-refractivity contribution is 5.49. The van der Waals surface area contributed by atoms with Crippen LogP contribution in [0.15, 0.2) is 24.3 Å². The van der Waals surface area contributed by atoms with Crippen molar-refractivity contribution in [1.29, 1.82) is 0 Å². The molecule has 1 atom stereocenters. The van der Waals surface area contributed by atoms with E-state index in [1.165, 1.54) is 12.1 Å². The minimum Gasteiger partial charge on any atom is -0.324 e. The van der Waals surface area contributed by atoms with Crippen LogP contribution in [0.1, 0.15) is 24.4 Å². The lowest BCUT2D eigenvalue weighted by Gasteiger charge is -2.09. The third-order valence-electron chi connectivity index (χ3n) is 2.13. The quantitative estimate of drug-likeness (QED) is 0.452. The summed E-state index contributed by atoms with van der Waals surface area (Å²) in [4.78, 5) is 20.1. The summed E-state index contributed by atoms with van der Waals surface area (Å²) in [5.74, 6) is 0. The first-order valence-electron chi connectivity index (χ1n) is 4.58. The minimum absolute atomic E-state index is 0.0429. The number of aldehydes is 1. The Morgan fingerprint density at radius 1 is 1.40 bits per heavy atom. The summed E-state index contributed by atoms with van der Waals surface area (Å²) < 4.78 is 0. The summed E-state index contributed by atoms with van der Waals surface area (Å²) in [5.41, 5.74) is 6.63. The van der Waals surface area contributed by atoms with Crippen molar-refractivity contribution in [2.45, 2.75) is 18.9 Å². The fourth-order valence-electron chi connectivity index (χ4n) is 1.26. The highest BCUT2D eigenvalue weighted by Crippen LogP contribution is 2.18. The molecule has 80 valence electrons. The Bertz CT molecular complexity index is 348. The van der Waals surface area contributed by atoms with Crippen LogP contribution < -0.4 is 5.73 Å². The molecular weight excluding hydrogens is 196 g/mol. The maximum Gasteiger partial charge on any atom is 0.269 e. The van der Waals surface area contributed by atoms with Gasteiger partial charge in [0.25, 0.3) is 5.69 Å². The van der Waals surface area contributed by atoms with Crippen molar-refractivity contribution in [1.82, 2.24) is 0 Å². The molecule has 0 radical (unpaired) electrons. The summed E-state index contributed by atoms with van der Waals surface area (Å²) in [7, 11) is 0. The van der Waals surface area contributed by atoms with Gasteiger partial charge in [0, 0.05) is 24.6 Å². The number of carbonyl (C=O) groups excluding carboxylic acids is 1. The van der Waals surface area contributed by atoms with E-state index in [0.717, 1.165) is 11.8 Å². The number of rotatable bonds is 5. The number of nitro groups is 1. The molecule has 1 aromatic rings.